The Labute approximate surface area is 108 Å². The number of esters is 1. The van der Waals surface area contributed by atoms with Crippen LogP contribution in [0.4, 0.5) is 5.69 Å². The summed E-state index contributed by atoms with van der Waals surface area (Å²) in [6.07, 6.45) is 1.80. The normalized spacial score (nSPS) is 11.2. The average molecular weight is 249 g/mol. The lowest BCUT2D eigenvalue weighted by Crippen LogP contribution is -2.05. The molecule has 0 heterocycles. The summed E-state index contributed by atoms with van der Waals surface area (Å²) >= 11 is 0. The highest BCUT2D eigenvalue weighted by molar-refractivity contribution is 5.87. The molecule has 1 N–H and O–H groups in total. The van der Waals surface area contributed by atoms with Crippen molar-refractivity contribution in [2.75, 3.05) is 26.1 Å². The summed E-state index contributed by atoms with van der Waals surface area (Å²) in [4.78, 5) is 11.1. The molecule has 0 fully saturated rings. The zero-order chi connectivity index (χ0) is 13.4. The molecule has 18 heavy (non-hydrogen) atoms. The Bertz CT molecular complexity index is 410. The predicted molar refractivity (Wildman–Crippen MR) is 71.4 cm³/mol. The van der Waals surface area contributed by atoms with E-state index in [1.165, 1.54) is 7.11 Å². The van der Waals surface area contributed by atoms with Crippen molar-refractivity contribution < 1.29 is 14.3 Å². The van der Waals surface area contributed by atoms with Gasteiger partial charge in [0.05, 0.1) is 13.7 Å². The summed E-state index contributed by atoms with van der Waals surface area (Å²) in [6.45, 7) is 2.93. The van der Waals surface area contributed by atoms with Crippen LogP contribution in [0, 0.1) is 0 Å². The molecule has 0 aliphatic heterocycles. The number of hydrogen-bond donors (Lipinski definition) is 1. The number of carbonyl (C=O) groups is 1. The maximum absolute atomic E-state index is 11.1. The van der Waals surface area contributed by atoms with Gasteiger partial charge in [-0.3, -0.25) is 0 Å². The van der Waals surface area contributed by atoms with Crippen molar-refractivity contribution >= 4 is 11.7 Å². The first-order chi connectivity index (χ1) is 8.67. The Kier molecular flexibility index (Phi) is 5.94. The quantitative estimate of drug-likeness (QED) is 0.621. The highest BCUT2D eigenvalue weighted by Crippen LogP contribution is 2.10. The molecule has 0 atom stereocenters. The minimum absolute atomic E-state index is 0.299. The van der Waals surface area contributed by atoms with Crippen LogP contribution in [0.5, 0.6) is 0 Å². The van der Waals surface area contributed by atoms with E-state index in [1.54, 1.807) is 20.1 Å². The third kappa shape index (κ3) is 4.59. The van der Waals surface area contributed by atoms with Gasteiger partial charge in [-0.15, -0.1) is 0 Å². The van der Waals surface area contributed by atoms with E-state index in [2.05, 4.69) is 10.1 Å². The molecule has 0 radical (unpaired) electrons. The third-order valence-corrected chi connectivity index (χ3v) is 2.49. The summed E-state index contributed by atoms with van der Waals surface area (Å²) in [5.74, 6) is -0.299. The van der Waals surface area contributed by atoms with Crippen LogP contribution < -0.4 is 5.32 Å². The average Bonchev–Trinajstić information content (AvgIpc) is 2.40. The molecule has 0 aliphatic rings. The molecule has 1 rings (SSSR count). The van der Waals surface area contributed by atoms with Crippen LogP contribution in [-0.4, -0.2) is 26.7 Å². The van der Waals surface area contributed by atoms with E-state index in [0.29, 0.717) is 18.7 Å². The van der Waals surface area contributed by atoms with E-state index < -0.39 is 0 Å². The van der Waals surface area contributed by atoms with Gasteiger partial charge < -0.3 is 14.8 Å². The molecule has 0 aliphatic carbocycles. The maximum Gasteiger partial charge on any atom is 0.333 e. The SMILES string of the molecule is COCc1ccc(NC/C=C(/C)C(=O)OC)cc1. The van der Waals surface area contributed by atoms with Crippen LogP contribution in [0.1, 0.15) is 12.5 Å². The fourth-order valence-electron chi connectivity index (χ4n) is 1.45. The number of carbonyl (C=O) groups excluding carboxylic acids is 1. The van der Waals surface area contributed by atoms with Crippen molar-refractivity contribution in [3.05, 3.63) is 41.5 Å². The zero-order valence-corrected chi connectivity index (χ0v) is 11.0. The Morgan fingerprint density at radius 3 is 2.50 bits per heavy atom. The van der Waals surface area contributed by atoms with Gasteiger partial charge in [0.1, 0.15) is 0 Å². The summed E-state index contributed by atoms with van der Waals surface area (Å²) in [5, 5.41) is 3.20. The Morgan fingerprint density at radius 1 is 1.28 bits per heavy atom. The minimum atomic E-state index is -0.299. The maximum atomic E-state index is 11.1. The predicted octanol–water partition coefficient (Wildman–Crippen LogP) is 2.36. The van der Waals surface area contributed by atoms with Gasteiger partial charge in [-0.2, -0.15) is 0 Å². The smallest absolute Gasteiger partial charge is 0.333 e. The highest BCUT2D eigenvalue weighted by atomic mass is 16.5. The van der Waals surface area contributed by atoms with Gasteiger partial charge in [-0.1, -0.05) is 18.2 Å². The lowest BCUT2D eigenvalue weighted by molar-refractivity contribution is -0.136. The summed E-state index contributed by atoms with van der Waals surface area (Å²) in [6, 6.07) is 7.97. The van der Waals surface area contributed by atoms with Crippen molar-refractivity contribution in [1.29, 1.82) is 0 Å². The summed E-state index contributed by atoms with van der Waals surface area (Å²) in [7, 11) is 3.05. The topological polar surface area (TPSA) is 47.6 Å². The number of benzene rings is 1. The number of rotatable bonds is 6. The lowest BCUT2D eigenvalue weighted by Gasteiger charge is -2.05. The van der Waals surface area contributed by atoms with Gasteiger partial charge in [0.2, 0.25) is 0 Å². The van der Waals surface area contributed by atoms with Gasteiger partial charge in [-0.05, 0) is 24.6 Å². The number of anilines is 1. The number of ether oxygens (including phenoxy) is 2. The van der Waals surface area contributed by atoms with Gasteiger partial charge >= 0.3 is 5.97 Å². The standard InChI is InChI=1S/C14H19NO3/c1-11(14(16)18-3)8-9-15-13-6-4-12(5-7-13)10-17-2/h4-8,15H,9-10H2,1-3H3/b11-8-. The summed E-state index contributed by atoms with van der Waals surface area (Å²) in [5.41, 5.74) is 2.73. The first kappa shape index (κ1) is 14.3. The molecule has 1 aromatic carbocycles. The molecule has 0 amide bonds. The molecule has 1 aromatic rings. The van der Waals surface area contributed by atoms with E-state index in [0.717, 1.165) is 11.3 Å². The first-order valence-corrected chi connectivity index (χ1v) is 5.74. The van der Waals surface area contributed by atoms with Crippen molar-refractivity contribution in [2.24, 2.45) is 0 Å². The van der Waals surface area contributed by atoms with E-state index >= 15 is 0 Å². The second-order valence-electron chi connectivity index (χ2n) is 3.89. The zero-order valence-electron chi connectivity index (χ0n) is 11.0. The molecule has 0 unspecified atom stereocenters. The van der Waals surface area contributed by atoms with Crippen molar-refractivity contribution in [3.63, 3.8) is 0 Å². The molecule has 0 bridgehead atoms. The molecule has 0 aromatic heterocycles. The van der Waals surface area contributed by atoms with Crippen LogP contribution in [-0.2, 0) is 20.9 Å². The van der Waals surface area contributed by atoms with Crippen molar-refractivity contribution in [3.8, 4) is 0 Å². The third-order valence-electron chi connectivity index (χ3n) is 2.49. The van der Waals surface area contributed by atoms with E-state index in [4.69, 9.17) is 4.74 Å². The van der Waals surface area contributed by atoms with E-state index in [1.807, 2.05) is 24.3 Å². The Morgan fingerprint density at radius 2 is 1.94 bits per heavy atom. The molecular weight excluding hydrogens is 230 g/mol. The van der Waals surface area contributed by atoms with Gasteiger partial charge in [0, 0.05) is 24.9 Å². The van der Waals surface area contributed by atoms with Crippen LogP contribution in [0.15, 0.2) is 35.9 Å². The molecule has 0 saturated heterocycles. The Hall–Kier alpha value is -1.81. The van der Waals surface area contributed by atoms with Crippen LogP contribution in [0.3, 0.4) is 0 Å². The van der Waals surface area contributed by atoms with Gasteiger partial charge in [0.15, 0.2) is 0 Å². The Balaban J connectivity index is 2.46. The minimum Gasteiger partial charge on any atom is -0.466 e. The lowest BCUT2D eigenvalue weighted by atomic mass is 10.2. The van der Waals surface area contributed by atoms with Crippen molar-refractivity contribution in [2.45, 2.75) is 13.5 Å². The second-order valence-corrected chi connectivity index (χ2v) is 3.89. The van der Waals surface area contributed by atoms with Crippen LogP contribution in [0.2, 0.25) is 0 Å². The second kappa shape index (κ2) is 7.50. The molecule has 0 spiro atoms. The highest BCUT2D eigenvalue weighted by Gasteiger charge is 2.01. The van der Waals surface area contributed by atoms with Crippen molar-refractivity contribution in [1.82, 2.24) is 0 Å². The molecule has 4 nitrogen and oxygen atoms in total. The van der Waals surface area contributed by atoms with E-state index in [9.17, 15) is 4.79 Å². The van der Waals surface area contributed by atoms with Gasteiger partial charge in [-0.25, -0.2) is 4.79 Å². The molecule has 98 valence electrons. The molecule has 0 saturated carbocycles. The summed E-state index contributed by atoms with van der Waals surface area (Å²) < 4.78 is 9.65. The first-order valence-electron chi connectivity index (χ1n) is 5.74. The molecular formula is C14H19NO3. The monoisotopic (exact) mass is 249 g/mol. The fraction of sp³-hybridized carbons (Fsp3) is 0.357. The largest absolute Gasteiger partial charge is 0.466 e. The van der Waals surface area contributed by atoms with Crippen LogP contribution in [0.25, 0.3) is 0 Å². The van der Waals surface area contributed by atoms with Crippen LogP contribution >= 0.6 is 0 Å². The molecule has 4 heteroatoms. The van der Waals surface area contributed by atoms with E-state index in [-0.39, 0.29) is 5.97 Å². The number of methoxy groups -OCH3 is 2. The van der Waals surface area contributed by atoms with Gasteiger partial charge in [0.25, 0.3) is 0 Å². The number of hydrogen-bond acceptors (Lipinski definition) is 4. The fourth-order valence-corrected chi connectivity index (χ4v) is 1.45. The number of nitrogens with one attached hydrogen (secondary N) is 1.